The molecule has 0 spiro atoms. The van der Waals surface area contributed by atoms with Gasteiger partial charge in [0, 0.05) is 0 Å². The summed E-state index contributed by atoms with van der Waals surface area (Å²) in [6.07, 6.45) is 11.1. The Morgan fingerprint density at radius 3 is 1.76 bits per heavy atom. The van der Waals surface area contributed by atoms with Crippen LogP contribution in [0.15, 0.2) is 0 Å². The molecule has 0 fully saturated rings. The largest absolute Gasteiger partial charge is 0.415 e. The lowest BCUT2D eigenvalue weighted by Crippen LogP contribution is -2.23. The number of hydrogen-bond donors (Lipinski definition) is 3. The van der Waals surface area contributed by atoms with Gasteiger partial charge in [-0.2, -0.15) is 8.42 Å². The highest BCUT2D eigenvalue weighted by molar-refractivity contribution is 7.90. The van der Waals surface area contributed by atoms with Gasteiger partial charge < -0.3 is 9.79 Å². The van der Waals surface area contributed by atoms with Gasteiger partial charge >= 0.3 is 18.1 Å². The first-order chi connectivity index (χ1) is 9.77. The van der Waals surface area contributed by atoms with Crippen molar-refractivity contribution in [3.63, 3.8) is 0 Å². The summed E-state index contributed by atoms with van der Waals surface area (Å²) in [7, 11) is -9.20. The highest BCUT2D eigenvalue weighted by Gasteiger charge is 2.23. The van der Waals surface area contributed by atoms with Crippen molar-refractivity contribution in [3.8, 4) is 0 Å². The molecule has 7 nitrogen and oxygen atoms in total. The molecule has 0 aliphatic rings. The molecule has 0 aromatic carbocycles. The summed E-state index contributed by atoms with van der Waals surface area (Å²) in [6.45, 7) is 2.13. The van der Waals surface area contributed by atoms with E-state index in [1.807, 2.05) is 0 Å². The van der Waals surface area contributed by atoms with Gasteiger partial charge in [-0.15, -0.1) is 0 Å². The summed E-state index contributed by atoms with van der Waals surface area (Å²) < 4.78 is 38.2. The van der Waals surface area contributed by atoms with E-state index in [1.165, 1.54) is 38.5 Å². The number of rotatable bonds is 14. The molecule has 0 aliphatic carbocycles. The third-order valence-corrected chi connectivity index (χ3v) is 5.29. The van der Waals surface area contributed by atoms with Crippen molar-refractivity contribution >= 4 is 18.1 Å². The van der Waals surface area contributed by atoms with Gasteiger partial charge in [0.1, 0.15) is 0 Å². The highest BCUT2D eigenvalue weighted by Crippen LogP contribution is 2.29. The zero-order valence-electron chi connectivity index (χ0n) is 12.7. The van der Waals surface area contributed by atoms with E-state index in [0.29, 0.717) is 6.42 Å². The van der Waals surface area contributed by atoms with Crippen LogP contribution in [-0.4, -0.2) is 24.8 Å². The van der Waals surface area contributed by atoms with Gasteiger partial charge in [-0.1, -0.05) is 69.2 Å². The Morgan fingerprint density at radius 1 is 0.905 bits per heavy atom. The van der Waals surface area contributed by atoms with E-state index in [1.54, 1.807) is 0 Å². The van der Waals surface area contributed by atoms with E-state index in [0.717, 1.165) is 23.8 Å². The van der Waals surface area contributed by atoms with Crippen LogP contribution in [0.4, 0.5) is 0 Å². The van der Waals surface area contributed by atoms with Crippen LogP contribution in [0.3, 0.4) is 0 Å². The molecular weight excluding hydrogens is 317 g/mol. The van der Waals surface area contributed by atoms with Crippen molar-refractivity contribution in [3.05, 3.63) is 0 Å². The van der Waals surface area contributed by atoms with Gasteiger partial charge in [-0.25, -0.2) is 4.57 Å². The third-order valence-electron chi connectivity index (χ3n) is 2.97. The third kappa shape index (κ3) is 16.2. The molecule has 0 saturated carbocycles. The van der Waals surface area contributed by atoms with E-state index < -0.39 is 18.1 Å². The van der Waals surface area contributed by atoms with E-state index in [2.05, 4.69) is 11.1 Å². The van der Waals surface area contributed by atoms with Gasteiger partial charge in [-0.3, -0.25) is 4.18 Å². The Bertz CT molecular complexity index is 395. The zero-order valence-corrected chi connectivity index (χ0v) is 14.4. The van der Waals surface area contributed by atoms with Crippen molar-refractivity contribution in [1.82, 2.24) is 4.49 Å². The maximum Gasteiger partial charge on any atom is 0.415 e. The van der Waals surface area contributed by atoms with Gasteiger partial charge in [0.2, 0.25) is 0 Å². The van der Waals surface area contributed by atoms with Crippen molar-refractivity contribution in [2.45, 2.75) is 71.1 Å². The van der Waals surface area contributed by atoms with Crippen LogP contribution in [0.5, 0.6) is 0 Å². The van der Waals surface area contributed by atoms with E-state index >= 15 is 0 Å². The second-order valence-electron chi connectivity index (χ2n) is 5.09. The monoisotopic (exact) mass is 345 g/mol. The predicted molar refractivity (Wildman–Crippen MR) is 81.9 cm³/mol. The van der Waals surface area contributed by atoms with E-state index in [-0.39, 0.29) is 6.61 Å². The van der Waals surface area contributed by atoms with E-state index in [4.69, 9.17) is 9.79 Å². The van der Waals surface area contributed by atoms with Crippen molar-refractivity contribution < 1.29 is 27.0 Å². The summed E-state index contributed by atoms with van der Waals surface area (Å²) in [5.74, 6) is 0. The lowest BCUT2D eigenvalue weighted by atomic mass is 10.1. The molecule has 128 valence electrons. The van der Waals surface area contributed by atoms with Crippen LogP contribution in [0.1, 0.15) is 71.1 Å². The average Bonchev–Trinajstić information content (AvgIpc) is 2.33. The summed E-state index contributed by atoms with van der Waals surface area (Å²) in [4.78, 5) is 16.9. The Kier molecular flexibility index (Phi) is 11.6. The molecule has 0 saturated heterocycles. The number of nitrogens with one attached hydrogen (secondary N) is 1. The average molecular weight is 345 g/mol. The molecule has 0 aromatic heterocycles. The van der Waals surface area contributed by atoms with Crippen molar-refractivity contribution in [2.75, 3.05) is 6.61 Å². The lowest BCUT2D eigenvalue weighted by molar-refractivity contribution is 0.298. The summed E-state index contributed by atoms with van der Waals surface area (Å²) in [5.41, 5.74) is 0. The van der Waals surface area contributed by atoms with Crippen LogP contribution in [-0.2, 0) is 19.1 Å². The molecule has 3 N–H and O–H groups in total. The molecule has 0 radical (unpaired) electrons. The Morgan fingerprint density at radius 2 is 1.33 bits per heavy atom. The van der Waals surface area contributed by atoms with Crippen molar-refractivity contribution in [1.29, 1.82) is 0 Å². The summed E-state index contributed by atoms with van der Waals surface area (Å²) >= 11 is 0. The molecule has 9 heteroatoms. The number of hydrogen-bond acceptors (Lipinski definition) is 4. The first-order valence-electron chi connectivity index (χ1n) is 7.51. The molecule has 0 aromatic rings. The molecule has 0 atom stereocenters. The molecule has 0 unspecified atom stereocenters. The minimum Gasteiger partial charge on any atom is -0.312 e. The fraction of sp³-hybridized carbons (Fsp3) is 1.00. The smallest absolute Gasteiger partial charge is 0.312 e. The highest BCUT2D eigenvalue weighted by atomic mass is 32.2. The Hall–Kier alpha value is 0.0200. The fourth-order valence-corrected chi connectivity index (χ4v) is 3.64. The van der Waals surface area contributed by atoms with E-state index in [9.17, 15) is 13.0 Å². The van der Waals surface area contributed by atoms with Crippen LogP contribution in [0.25, 0.3) is 0 Å². The topological polar surface area (TPSA) is 113 Å². The Labute approximate surface area is 127 Å². The zero-order chi connectivity index (χ0) is 16.2. The van der Waals surface area contributed by atoms with Gasteiger partial charge in [0.05, 0.1) is 6.61 Å². The quantitative estimate of drug-likeness (QED) is 0.329. The molecule has 0 rings (SSSR count). The Balaban J connectivity index is 3.42. The van der Waals surface area contributed by atoms with Crippen LogP contribution in [0.2, 0.25) is 0 Å². The molecule has 0 heterocycles. The molecule has 21 heavy (non-hydrogen) atoms. The van der Waals surface area contributed by atoms with Crippen LogP contribution < -0.4 is 4.49 Å². The minimum atomic E-state index is -4.83. The normalized spacial score (nSPS) is 12.7. The maximum absolute atomic E-state index is 11.1. The standard InChI is InChI=1S/C12H28NO6PS/c1-2-3-4-5-6-7-8-9-10-11-12-19-21(17,18)13-20(14,15)16/h2-12H2,1H3,(H3,13,14,15,16). The van der Waals surface area contributed by atoms with Crippen molar-refractivity contribution in [2.24, 2.45) is 0 Å². The maximum atomic E-state index is 11.1. The fourth-order valence-electron chi connectivity index (χ4n) is 1.93. The minimum absolute atomic E-state index is 0.0637. The van der Waals surface area contributed by atoms with Crippen LogP contribution >= 0.6 is 7.75 Å². The second kappa shape index (κ2) is 11.6. The first kappa shape index (κ1) is 21.0. The molecule has 0 amide bonds. The summed E-state index contributed by atoms with van der Waals surface area (Å²) in [6, 6.07) is 0. The van der Waals surface area contributed by atoms with Crippen LogP contribution in [0, 0.1) is 0 Å². The van der Waals surface area contributed by atoms with Gasteiger partial charge in [0.15, 0.2) is 0 Å². The van der Waals surface area contributed by atoms with Gasteiger partial charge in [0.25, 0.3) is 0 Å². The van der Waals surface area contributed by atoms with Gasteiger partial charge in [-0.05, 0) is 6.42 Å². The second-order valence-corrected chi connectivity index (χ2v) is 8.06. The molecule has 0 bridgehead atoms. The SMILES string of the molecule is CCCCCCCCCCCCOS(=O)(=O)NP(=O)(O)O. The first-order valence-corrected chi connectivity index (χ1v) is 10.5. The number of unbranched alkanes of at least 4 members (excludes halogenated alkanes) is 9. The molecular formula is C12H28NO6PS. The predicted octanol–water partition coefficient (Wildman–Crippen LogP) is 2.85. The molecule has 0 aliphatic heterocycles. The summed E-state index contributed by atoms with van der Waals surface area (Å²) in [5, 5.41) is 0. The lowest BCUT2D eigenvalue weighted by Gasteiger charge is -2.07.